The van der Waals surface area contributed by atoms with Crippen LogP contribution in [0.1, 0.15) is 19.3 Å². The van der Waals surface area contributed by atoms with Crippen molar-refractivity contribution in [3.63, 3.8) is 0 Å². The summed E-state index contributed by atoms with van der Waals surface area (Å²) in [5.41, 5.74) is 5.68. The molecule has 2 fully saturated rings. The normalized spacial score (nSPS) is 26.7. The number of nitrogens with two attached hydrogens (primary N) is 1. The molecule has 2 aliphatic rings. The van der Waals surface area contributed by atoms with E-state index in [1.54, 1.807) is 0 Å². The number of morpholine rings is 1. The van der Waals surface area contributed by atoms with Gasteiger partial charge in [-0.15, -0.1) is 0 Å². The summed E-state index contributed by atoms with van der Waals surface area (Å²) >= 11 is 0. The summed E-state index contributed by atoms with van der Waals surface area (Å²) < 4.78 is 5.27. The average Bonchev–Trinajstić information content (AvgIpc) is 2.39. The highest BCUT2D eigenvalue weighted by Crippen LogP contribution is 2.12. The van der Waals surface area contributed by atoms with E-state index in [1.165, 1.54) is 4.90 Å². The van der Waals surface area contributed by atoms with E-state index >= 15 is 0 Å². The predicted molar refractivity (Wildman–Crippen MR) is 65.8 cm³/mol. The van der Waals surface area contributed by atoms with Gasteiger partial charge in [0.2, 0.25) is 11.8 Å². The molecule has 0 spiro atoms. The summed E-state index contributed by atoms with van der Waals surface area (Å²) in [6, 6.07) is -0.494. The quantitative estimate of drug-likeness (QED) is 0.665. The van der Waals surface area contributed by atoms with Crippen LogP contribution < -0.4 is 5.73 Å². The Morgan fingerprint density at radius 1 is 1.22 bits per heavy atom. The molecular formula is C12H21N3O3. The molecule has 2 heterocycles. The highest BCUT2D eigenvalue weighted by Gasteiger charge is 2.31. The smallest absolute Gasteiger partial charge is 0.246 e. The SMILES string of the molecule is N[C@H]1CCC(=O)N(CCCN2CCOCC2)C1=O. The first-order valence-corrected chi connectivity index (χ1v) is 6.58. The van der Waals surface area contributed by atoms with Gasteiger partial charge in [-0.3, -0.25) is 19.4 Å². The van der Waals surface area contributed by atoms with E-state index in [-0.39, 0.29) is 11.8 Å². The average molecular weight is 255 g/mol. The van der Waals surface area contributed by atoms with Gasteiger partial charge in [-0.05, 0) is 12.8 Å². The van der Waals surface area contributed by atoms with Crippen molar-refractivity contribution < 1.29 is 14.3 Å². The van der Waals surface area contributed by atoms with Crippen molar-refractivity contribution in [2.45, 2.75) is 25.3 Å². The van der Waals surface area contributed by atoms with Crippen LogP contribution in [-0.2, 0) is 14.3 Å². The maximum Gasteiger partial charge on any atom is 0.246 e. The van der Waals surface area contributed by atoms with E-state index in [9.17, 15) is 9.59 Å². The fourth-order valence-electron chi connectivity index (χ4n) is 2.37. The van der Waals surface area contributed by atoms with Crippen LogP contribution in [0, 0.1) is 0 Å². The van der Waals surface area contributed by atoms with Gasteiger partial charge in [0.05, 0.1) is 19.3 Å². The third-order valence-corrected chi connectivity index (χ3v) is 3.51. The lowest BCUT2D eigenvalue weighted by Crippen LogP contribution is -2.51. The van der Waals surface area contributed by atoms with Crippen LogP contribution in [-0.4, -0.2) is 67.0 Å². The number of carbonyl (C=O) groups excluding carboxylic acids is 2. The van der Waals surface area contributed by atoms with Crippen LogP contribution in [0.3, 0.4) is 0 Å². The van der Waals surface area contributed by atoms with Crippen LogP contribution in [0.15, 0.2) is 0 Å². The molecule has 2 N–H and O–H groups in total. The summed E-state index contributed by atoms with van der Waals surface area (Å²) in [7, 11) is 0. The zero-order chi connectivity index (χ0) is 13.0. The topological polar surface area (TPSA) is 75.9 Å². The minimum Gasteiger partial charge on any atom is -0.379 e. The molecule has 0 aromatic heterocycles. The lowest BCUT2D eigenvalue weighted by molar-refractivity contribution is -0.149. The zero-order valence-corrected chi connectivity index (χ0v) is 10.6. The molecule has 0 unspecified atom stereocenters. The molecular weight excluding hydrogens is 234 g/mol. The van der Waals surface area contributed by atoms with Crippen LogP contribution in [0.5, 0.6) is 0 Å². The zero-order valence-electron chi connectivity index (χ0n) is 10.6. The van der Waals surface area contributed by atoms with Crippen molar-refractivity contribution >= 4 is 11.8 Å². The predicted octanol–water partition coefficient (Wildman–Crippen LogP) is -0.815. The van der Waals surface area contributed by atoms with Crippen molar-refractivity contribution in [3.8, 4) is 0 Å². The molecule has 1 atom stereocenters. The van der Waals surface area contributed by atoms with Gasteiger partial charge in [0, 0.05) is 32.6 Å². The molecule has 2 amide bonds. The van der Waals surface area contributed by atoms with Gasteiger partial charge in [0.1, 0.15) is 0 Å². The molecule has 2 rings (SSSR count). The summed E-state index contributed by atoms with van der Waals surface area (Å²) in [5.74, 6) is -0.295. The molecule has 6 heteroatoms. The van der Waals surface area contributed by atoms with Gasteiger partial charge >= 0.3 is 0 Å². The number of carbonyl (C=O) groups is 2. The van der Waals surface area contributed by atoms with Gasteiger partial charge < -0.3 is 10.5 Å². The molecule has 2 aliphatic heterocycles. The number of piperidine rings is 1. The summed E-state index contributed by atoms with van der Waals surface area (Å²) in [4.78, 5) is 27.0. The van der Waals surface area contributed by atoms with E-state index in [1.807, 2.05) is 0 Å². The Hall–Kier alpha value is -0.980. The van der Waals surface area contributed by atoms with E-state index in [0.717, 1.165) is 39.3 Å². The fourth-order valence-corrected chi connectivity index (χ4v) is 2.37. The molecule has 102 valence electrons. The lowest BCUT2D eigenvalue weighted by atomic mass is 10.0. The number of imide groups is 1. The Bertz CT molecular complexity index is 316. The standard InChI is InChI=1S/C12H21N3O3/c13-10-2-3-11(16)15(12(10)17)5-1-4-14-6-8-18-9-7-14/h10H,1-9,13H2/t10-/m0/s1. The van der Waals surface area contributed by atoms with E-state index in [0.29, 0.717) is 19.4 Å². The number of hydrogen-bond donors (Lipinski definition) is 1. The molecule has 6 nitrogen and oxygen atoms in total. The Morgan fingerprint density at radius 3 is 2.67 bits per heavy atom. The van der Waals surface area contributed by atoms with E-state index < -0.39 is 6.04 Å². The Kier molecular flexibility index (Phi) is 4.68. The summed E-state index contributed by atoms with van der Waals surface area (Å²) in [6.07, 6.45) is 1.69. The number of amides is 2. The van der Waals surface area contributed by atoms with Crippen LogP contribution >= 0.6 is 0 Å². The van der Waals surface area contributed by atoms with E-state index in [4.69, 9.17) is 10.5 Å². The number of nitrogens with zero attached hydrogens (tertiary/aromatic N) is 2. The first kappa shape index (κ1) is 13.5. The molecule has 18 heavy (non-hydrogen) atoms. The van der Waals surface area contributed by atoms with Crippen LogP contribution in [0.4, 0.5) is 0 Å². The third-order valence-electron chi connectivity index (χ3n) is 3.51. The highest BCUT2D eigenvalue weighted by atomic mass is 16.5. The molecule has 0 aromatic rings. The first-order valence-electron chi connectivity index (χ1n) is 6.58. The maximum atomic E-state index is 11.8. The first-order chi connectivity index (χ1) is 8.68. The number of hydrogen-bond acceptors (Lipinski definition) is 5. The molecule has 0 radical (unpaired) electrons. The number of ether oxygens (including phenoxy) is 1. The number of likely N-dealkylation sites (tertiary alicyclic amines) is 1. The largest absolute Gasteiger partial charge is 0.379 e. The van der Waals surface area contributed by atoms with Gasteiger partial charge in [-0.1, -0.05) is 0 Å². The van der Waals surface area contributed by atoms with Crippen molar-refractivity contribution in [1.82, 2.24) is 9.80 Å². The van der Waals surface area contributed by atoms with Crippen LogP contribution in [0.2, 0.25) is 0 Å². The van der Waals surface area contributed by atoms with Gasteiger partial charge in [-0.25, -0.2) is 0 Å². The molecule has 2 saturated heterocycles. The van der Waals surface area contributed by atoms with Crippen molar-refractivity contribution in [2.75, 3.05) is 39.4 Å². The van der Waals surface area contributed by atoms with Gasteiger partial charge in [0.25, 0.3) is 0 Å². The van der Waals surface area contributed by atoms with Gasteiger partial charge in [0.15, 0.2) is 0 Å². The molecule has 0 saturated carbocycles. The van der Waals surface area contributed by atoms with Gasteiger partial charge in [-0.2, -0.15) is 0 Å². The second-order valence-electron chi connectivity index (χ2n) is 4.84. The monoisotopic (exact) mass is 255 g/mol. The summed E-state index contributed by atoms with van der Waals surface area (Å²) in [6.45, 7) is 4.79. The van der Waals surface area contributed by atoms with Crippen molar-refractivity contribution in [1.29, 1.82) is 0 Å². The van der Waals surface area contributed by atoms with Crippen LogP contribution in [0.25, 0.3) is 0 Å². The fraction of sp³-hybridized carbons (Fsp3) is 0.833. The third kappa shape index (κ3) is 3.28. The molecule has 0 aromatic carbocycles. The minimum absolute atomic E-state index is 0.0799. The minimum atomic E-state index is -0.494. The second-order valence-corrected chi connectivity index (χ2v) is 4.84. The van der Waals surface area contributed by atoms with Crippen molar-refractivity contribution in [3.05, 3.63) is 0 Å². The van der Waals surface area contributed by atoms with Crippen molar-refractivity contribution in [2.24, 2.45) is 5.73 Å². The Labute approximate surface area is 107 Å². The second kappa shape index (κ2) is 6.26. The summed E-state index contributed by atoms with van der Waals surface area (Å²) in [5, 5.41) is 0. The maximum absolute atomic E-state index is 11.8. The Morgan fingerprint density at radius 2 is 1.94 bits per heavy atom. The number of rotatable bonds is 4. The van der Waals surface area contributed by atoms with E-state index in [2.05, 4.69) is 4.90 Å². The molecule has 0 bridgehead atoms. The lowest BCUT2D eigenvalue weighted by Gasteiger charge is -2.30. The Balaban J connectivity index is 1.74. The highest BCUT2D eigenvalue weighted by molar-refractivity contribution is 6.00. The molecule has 0 aliphatic carbocycles.